The maximum absolute atomic E-state index is 13.5. The summed E-state index contributed by atoms with van der Waals surface area (Å²) >= 11 is 0. The number of carbonyl (C=O) groups is 3. The minimum Gasteiger partial charge on any atom is -0.497 e. The smallest absolute Gasteiger partial charge is 0.331 e. The number of nitrogens with zero attached hydrogens (tertiary/aromatic N) is 5. The van der Waals surface area contributed by atoms with E-state index in [0.717, 1.165) is 78.6 Å². The number of amides is 4. The number of hydrogen-bond acceptors (Lipinski definition) is 7. The van der Waals surface area contributed by atoms with Crippen molar-refractivity contribution in [1.29, 1.82) is 0 Å². The van der Waals surface area contributed by atoms with Crippen LogP contribution in [0.4, 0.5) is 27.5 Å². The largest absolute Gasteiger partial charge is 0.497 e. The van der Waals surface area contributed by atoms with Crippen molar-refractivity contribution in [1.82, 2.24) is 9.80 Å². The highest BCUT2D eigenvalue weighted by molar-refractivity contribution is 6.06. The SMILES string of the molecule is COc1ccc(CN2C(=O)CCN(c3ccc(N4CCN(C(=O)C5CCN(c6ccc(N)cc6)CC5)CC4)cc3C)C2=O)cc1. The van der Waals surface area contributed by atoms with Gasteiger partial charge in [-0.15, -0.1) is 0 Å². The van der Waals surface area contributed by atoms with E-state index in [1.54, 1.807) is 12.0 Å². The minimum absolute atomic E-state index is 0.0707. The number of urea groups is 1. The number of piperidine rings is 1. The number of rotatable bonds is 7. The van der Waals surface area contributed by atoms with Crippen molar-refractivity contribution in [2.24, 2.45) is 5.92 Å². The predicted octanol–water partition coefficient (Wildman–Crippen LogP) is 4.51. The van der Waals surface area contributed by atoms with Gasteiger partial charge in [-0.2, -0.15) is 0 Å². The number of benzene rings is 3. The minimum atomic E-state index is -0.302. The normalized spacial score (nSPS) is 18.0. The number of piperazine rings is 1. The fourth-order valence-electron chi connectivity index (χ4n) is 6.64. The molecular formula is C35H42N6O4. The molecule has 3 fully saturated rings. The summed E-state index contributed by atoms with van der Waals surface area (Å²) in [5.74, 6) is 0.907. The van der Waals surface area contributed by atoms with Gasteiger partial charge in [0.15, 0.2) is 0 Å². The summed E-state index contributed by atoms with van der Waals surface area (Å²) < 4.78 is 5.22. The lowest BCUT2D eigenvalue weighted by molar-refractivity contribution is -0.136. The monoisotopic (exact) mass is 610 g/mol. The lowest BCUT2D eigenvalue weighted by atomic mass is 9.94. The zero-order chi connectivity index (χ0) is 31.5. The van der Waals surface area contributed by atoms with Crippen LogP contribution in [0.1, 0.15) is 30.4 Å². The molecule has 0 aromatic heterocycles. The first kappa shape index (κ1) is 30.3. The van der Waals surface area contributed by atoms with Gasteiger partial charge in [-0.3, -0.25) is 19.4 Å². The molecule has 0 aliphatic carbocycles. The molecule has 0 atom stereocenters. The molecule has 3 aromatic rings. The zero-order valence-electron chi connectivity index (χ0n) is 26.2. The molecule has 3 aliphatic rings. The summed E-state index contributed by atoms with van der Waals surface area (Å²) in [6.45, 7) is 7.26. The molecule has 2 N–H and O–H groups in total. The van der Waals surface area contributed by atoms with Crippen molar-refractivity contribution in [2.75, 3.05) is 73.4 Å². The van der Waals surface area contributed by atoms with Crippen LogP contribution in [0, 0.1) is 12.8 Å². The van der Waals surface area contributed by atoms with Gasteiger partial charge in [-0.1, -0.05) is 12.1 Å². The second kappa shape index (κ2) is 13.1. The van der Waals surface area contributed by atoms with Gasteiger partial charge in [0.2, 0.25) is 11.8 Å². The molecule has 236 valence electrons. The molecule has 3 heterocycles. The van der Waals surface area contributed by atoms with Crippen LogP contribution >= 0.6 is 0 Å². The van der Waals surface area contributed by atoms with Crippen LogP contribution in [0.15, 0.2) is 66.7 Å². The highest BCUT2D eigenvalue weighted by Gasteiger charge is 2.34. The summed E-state index contributed by atoms with van der Waals surface area (Å²) in [5.41, 5.74) is 11.5. The third-order valence-electron chi connectivity index (χ3n) is 9.34. The third kappa shape index (κ3) is 6.55. The molecule has 4 amide bonds. The van der Waals surface area contributed by atoms with Gasteiger partial charge in [0, 0.05) is 80.9 Å². The molecular weight excluding hydrogens is 568 g/mol. The molecule has 3 aromatic carbocycles. The fraction of sp³-hybridized carbons (Fsp3) is 0.400. The van der Waals surface area contributed by atoms with E-state index >= 15 is 0 Å². The maximum atomic E-state index is 13.5. The van der Waals surface area contributed by atoms with Gasteiger partial charge in [-0.05, 0) is 85.5 Å². The Kier molecular flexibility index (Phi) is 8.82. The first-order chi connectivity index (χ1) is 21.8. The average Bonchev–Trinajstić information content (AvgIpc) is 3.07. The molecule has 10 nitrogen and oxygen atoms in total. The molecule has 3 saturated heterocycles. The van der Waals surface area contributed by atoms with Gasteiger partial charge in [-0.25, -0.2) is 4.79 Å². The number of nitrogen functional groups attached to an aromatic ring is 1. The number of hydrogen-bond donors (Lipinski definition) is 1. The van der Waals surface area contributed by atoms with Crippen molar-refractivity contribution in [3.63, 3.8) is 0 Å². The van der Waals surface area contributed by atoms with Crippen LogP contribution < -0.4 is 25.2 Å². The van der Waals surface area contributed by atoms with Crippen molar-refractivity contribution in [2.45, 2.75) is 32.7 Å². The predicted molar refractivity (Wildman–Crippen MR) is 177 cm³/mol. The van der Waals surface area contributed by atoms with E-state index < -0.39 is 0 Å². The quantitative estimate of drug-likeness (QED) is 0.393. The van der Waals surface area contributed by atoms with Crippen LogP contribution in [-0.4, -0.2) is 80.6 Å². The van der Waals surface area contributed by atoms with Crippen molar-refractivity contribution in [3.8, 4) is 5.75 Å². The third-order valence-corrected chi connectivity index (χ3v) is 9.34. The Morgan fingerprint density at radius 1 is 0.822 bits per heavy atom. The van der Waals surface area contributed by atoms with Crippen LogP contribution in [0.2, 0.25) is 0 Å². The van der Waals surface area contributed by atoms with Crippen LogP contribution in [0.5, 0.6) is 5.75 Å². The second-order valence-electron chi connectivity index (χ2n) is 12.1. The van der Waals surface area contributed by atoms with Gasteiger partial charge in [0.05, 0.1) is 13.7 Å². The fourth-order valence-corrected chi connectivity index (χ4v) is 6.64. The first-order valence-electron chi connectivity index (χ1n) is 15.8. The van der Waals surface area contributed by atoms with E-state index in [9.17, 15) is 14.4 Å². The Morgan fingerprint density at radius 2 is 1.47 bits per heavy atom. The molecule has 0 radical (unpaired) electrons. The lowest BCUT2D eigenvalue weighted by Crippen LogP contribution is -2.52. The van der Waals surface area contributed by atoms with E-state index in [2.05, 4.69) is 28.0 Å². The molecule has 0 unspecified atom stereocenters. The van der Waals surface area contributed by atoms with Crippen LogP contribution in [0.3, 0.4) is 0 Å². The Balaban J connectivity index is 1.03. The first-order valence-corrected chi connectivity index (χ1v) is 15.8. The molecule has 45 heavy (non-hydrogen) atoms. The summed E-state index contributed by atoms with van der Waals surface area (Å²) in [7, 11) is 1.61. The van der Waals surface area contributed by atoms with Gasteiger partial charge in [0.1, 0.15) is 5.75 Å². The summed E-state index contributed by atoms with van der Waals surface area (Å²) in [5, 5.41) is 0. The maximum Gasteiger partial charge on any atom is 0.331 e. The van der Waals surface area contributed by atoms with E-state index in [1.807, 2.05) is 60.4 Å². The van der Waals surface area contributed by atoms with E-state index in [0.29, 0.717) is 19.6 Å². The Morgan fingerprint density at radius 3 is 2.11 bits per heavy atom. The standard InChI is InChI=1S/C35H42N6O4/c1-25-23-30(9-12-32(25)40-18-15-33(42)41(35(40)44)24-26-3-10-31(45-2)11-4-26)38-19-21-39(22-20-38)34(43)27-13-16-37(17-14-27)29-7-5-28(36)6-8-29/h3-12,23,27H,13-22,24,36H2,1-2H3. The lowest BCUT2D eigenvalue weighted by Gasteiger charge is -2.40. The van der Waals surface area contributed by atoms with E-state index in [-0.39, 0.29) is 36.7 Å². The van der Waals surface area contributed by atoms with Crippen molar-refractivity contribution < 1.29 is 19.1 Å². The zero-order valence-corrected chi connectivity index (χ0v) is 26.2. The Bertz CT molecular complexity index is 1530. The molecule has 0 saturated carbocycles. The van der Waals surface area contributed by atoms with Gasteiger partial charge >= 0.3 is 6.03 Å². The van der Waals surface area contributed by atoms with E-state index in [1.165, 1.54) is 4.90 Å². The Labute approximate surface area is 264 Å². The molecule has 10 heteroatoms. The van der Waals surface area contributed by atoms with E-state index in [4.69, 9.17) is 10.5 Å². The Hall–Kier alpha value is -4.73. The topological polar surface area (TPSA) is 103 Å². The van der Waals surface area contributed by atoms with Crippen LogP contribution in [-0.2, 0) is 16.1 Å². The molecule has 3 aliphatic heterocycles. The second-order valence-corrected chi connectivity index (χ2v) is 12.1. The summed E-state index contributed by atoms with van der Waals surface area (Å²) in [4.78, 5) is 49.3. The molecule has 0 spiro atoms. The van der Waals surface area contributed by atoms with Gasteiger partial charge in [0.25, 0.3) is 0 Å². The van der Waals surface area contributed by atoms with Crippen molar-refractivity contribution >= 4 is 40.6 Å². The number of ether oxygens (including phenoxy) is 1. The summed E-state index contributed by atoms with van der Waals surface area (Å²) in [6.07, 6.45) is 2.00. The van der Waals surface area contributed by atoms with Gasteiger partial charge < -0.3 is 25.2 Å². The number of anilines is 4. The average molecular weight is 611 g/mol. The molecule has 6 rings (SSSR count). The number of imide groups is 1. The number of carbonyl (C=O) groups excluding carboxylic acids is 3. The van der Waals surface area contributed by atoms with Crippen LogP contribution in [0.25, 0.3) is 0 Å². The molecule has 0 bridgehead atoms. The highest BCUT2D eigenvalue weighted by Crippen LogP contribution is 2.31. The number of aryl methyl sites for hydroxylation is 1. The number of methoxy groups -OCH3 is 1. The van der Waals surface area contributed by atoms with Crippen molar-refractivity contribution in [3.05, 3.63) is 77.9 Å². The summed E-state index contributed by atoms with van der Waals surface area (Å²) in [6, 6.07) is 21.2. The highest BCUT2D eigenvalue weighted by atomic mass is 16.5. The number of nitrogens with two attached hydrogens (primary N) is 1.